The lowest BCUT2D eigenvalue weighted by Gasteiger charge is -2.12. The third kappa shape index (κ3) is 2.35. The fourth-order valence-corrected chi connectivity index (χ4v) is 1.68. The van der Waals surface area contributed by atoms with Gasteiger partial charge in [0.05, 0.1) is 17.8 Å². The summed E-state index contributed by atoms with van der Waals surface area (Å²) in [5.41, 5.74) is 0.550. The van der Waals surface area contributed by atoms with Crippen molar-refractivity contribution in [1.82, 2.24) is 24.6 Å². The molecule has 0 aliphatic carbocycles. The zero-order valence-electron chi connectivity index (χ0n) is 10.1. The number of hydrogen-bond acceptors (Lipinski definition) is 3. The van der Waals surface area contributed by atoms with Crippen molar-refractivity contribution < 1.29 is 4.79 Å². The van der Waals surface area contributed by atoms with E-state index < -0.39 is 0 Å². The summed E-state index contributed by atoms with van der Waals surface area (Å²) in [4.78, 5) is 16.1. The van der Waals surface area contributed by atoms with E-state index in [9.17, 15) is 4.79 Å². The first-order valence-electron chi connectivity index (χ1n) is 5.34. The molecule has 2 rings (SSSR count). The molecule has 2 aromatic rings. The Kier molecular flexibility index (Phi) is 2.95. The maximum atomic E-state index is 11.9. The number of aryl methyl sites for hydroxylation is 2. The summed E-state index contributed by atoms with van der Waals surface area (Å²) in [6, 6.07) is -0.136. The van der Waals surface area contributed by atoms with Gasteiger partial charge in [0.15, 0.2) is 0 Å². The summed E-state index contributed by atoms with van der Waals surface area (Å²) in [5, 5.41) is 6.84. The van der Waals surface area contributed by atoms with Crippen molar-refractivity contribution in [3.63, 3.8) is 0 Å². The lowest BCUT2D eigenvalue weighted by atomic mass is 10.2. The highest BCUT2D eigenvalue weighted by Gasteiger charge is 2.15. The van der Waals surface area contributed by atoms with Crippen LogP contribution in [-0.2, 0) is 14.1 Å². The minimum Gasteiger partial charge on any atom is -0.342 e. The molecule has 0 radical (unpaired) electrons. The van der Waals surface area contributed by atoms with Gasteiger partial charge in [-0.05, 0) is 6.92 Å². The molecule has 0 aliphatic rings. The van der Waals surface area contributed by atoms with Gasteiger partial charge in [0, 0.05) is 32.7 Å². The van der Waals surface area contributed by atoms with Crippen LogP contribution < -0.4 is 5.32 Å². The predicted octanol–water partition coefficient (Wildman–Crippen LogP) is 0.645. The van der Waals surface area contributed by atoms with E-state index in [1.165, 1.54) is 0 Å². The van der Waals surface area contributed by atoms with Gasteiger partial charge in [-0.25, -0.2) is 4.98 Å². The minimum atomic E-state index is -0.145. The Hall–Kier alpha value is -2.11. The Morgan fingerprint density at radius 1 is 1.47 bits per heavy atom. The zero-order chi connectivity index (χ0) is 12.4. The third-order valence-electron chi connectivity index (χ3n) is 2.56. The summed E-state index contributed by atoms with van der Waals surface area (Å²) in [6.07, 6.45) is 6.78. The summed E-state index contributed by atoms with van der Waals surface area (Å²) in [6.45, 7) is 1.90. The molecule has 0 aliphatic heterocycles. The Morgan fingerprint density at radius 2 is 2.24 bits per heavy atom. The van der Waals surface area contributed by atoms with Crippen molar-refractivity contribution in [2.75, 3.05) is 0 Å². The summed E-state index contributed by atoms with van der Waals surface area (Å²) in [5.74, 6) is 0.677. The van der Waals surface area contributed by atoms with Gasteiger partial charge in [0.2, 0.25) is 0 Å². The molecule has 0 fully saturated rings. The molecule has 17 heavy (non-hydrogen) atoms. The maximum absolute atomic E-state index is 11.9. The molecule has 0 spiro atoms. The second-order valence-corrected chi connectivity index (χ2v) is 3.99. The molecule has 6 heteroatoms. The van der Waals surface area contributed by atoms with Gasteiger partial charge < -0.3 is 9.88 Å². The van der Waals surface area contributed by atoms with Gasteiger partial charge in [0.1, 0.15) is 5.82 Å². The quantitative estimate of drug-likeness (QED) is 0.846. The fraction of sp³-hybridized carbons (Fsp3) is 0.364. The lowest BCUT2D eigenvalue weighted by Crippen LogP contribution is -2.28. The van der Waals surface area contributed by atoms with E-state index >= 15 is 0 Å². The van der Waals surface area contributed by atoms with Gasteiger partial charge in [-0.1, -0.05) is 0 Å². The summed E-state index contributed by atoms with van der Waals surface area (Å²) < 4.78 is 3.48. The van der Waals surface area contributed by atoms with Crippen molar-refractivity contribution in [2.45, 2.75) is 13.0 Å². The van der Waals surface area contributed by atoms with E-state index in [1.54, 1.807) is 30.3 Å². The highest BCUT2D eigenvalue weighted by molar-refractivity contribution is 5.93. The Morgan fingerprint density at radius 3 is 2.76 bits per heavy atom. The Bertz CT molecular complexity index is 527. The average molecular weight is 233 g/mol. The van der Waals surface area contributed by atoms with Crippen molar-refractivity contribution >= 4 is 5.91 Å². The van der Waals surface area contributed by atoms with Crippen LogP contribution in [-0.4, -0.2) is 25.2 Å². The highest BCUT2D eigenvalue weighted by Crippen LogP contribution is 2.09. The van der Waals surface area contributed by atoms with Gasteiger partial charge in [0.25, 0.3) is 5.91 Å². The SMILES string of the molecule is CC(NC(=O)c1cnn(C)c1)c1nccn1C. The first-order valence-corrected chi connectivity index (χ1v) is 5.34. The van der Waals surface area contributed by atoms with E-state index in [4.69, 9.17) is 0 Å². The minimum absolute atomic E-state index is 0.136. The number of amides is 1. The molecule has 1 atom stereocenters. The molecular formula is C11H15N5O. The Balaban J connectivity index is 2.07. The van der Waals surface area contributed by atoms with Crippen LogP contribution in [0.15, 0.2) is 24.8 Å². The van der Waals surface area contributed by atoms with Crippen molar-refractivity contribution in [3.05, 3.63) is 36.2 Å². The smallest absolute Gasteiger partial charge is 0.255 e. The van der Waals surface area contributed by atoms with Gasteiger partial charge in [-0.2, -0.15) is 5.10 Å². The maximum Gasteiger partial charge on any atom is 0.255 e. The van der Waals surface area contributed by atoms with E-state index in [0.29, 0.717) is 5.56 Å². The van der Waals surface area contributed by atoms with Crippen LogP contribution in [0.5, 0.6) is 0 Å². The van der Waals surface area contributed by atoms with Crippen molar-refractivity contribution in [3.8, 4) is 0 Å². The van der Waals surface area contributed by atoms with Crippen LogP contribution in [0.25, 0.3) is 0 Å². The van der Waals surface area contributed by atoms with Gasteiger partial charge in [-0.15, -0.1) is 0 Å². The molecule has 1 amide bonds. The van der Waals surface area contributed by atoms with E-state index in [-0.39, 0.29) is 11.9 Å². The van der Waals surface area contributed by atoms with Crippen LogP contribution in [0, 0.1) is 0 Å². The topological polar surface area (TPSA) is 64.7 Å². The second kappa shape index (κ2) is 4.40. The molecular weight excluding hydrogens is 218 g/mol. The largest absolute Gasteiger partial charge is 0.342 e. The number of nitrogens with zero attached hydrogens (tertiary/aromatic N) is 4. The predicted molar refractivity (Wildman–Crippen MR) is 62.3 cm³/mol. The molecule has 0 saturated heterocycles. The molecule has 6 nitrogen and oxygen atoms in total. The number of nitrogens with one attached hydrogen (secondary N) is 1. The number of rotatable bonds is 3. The van der Waals surface area contributed by atoms with E-state index in [2.05, 4.69) is 15.4 Å². The number of hydrogen-bond donors (Lipinski definition) is 1. The molecule has 0 saturated carbocycles. The number of aromatic nitrogens is 4. The molecule has 90 valence electrons. The van der Waals surface area contributed by atoms with Crippen molar-refractivity contribution in [2.24, 2.45) is 14.1 Å². The monoisotopic (exact) mass is 233 g/mol. The molecule has 0 bridgehead atoms. The summed E-state index contributed by atoms with van der Waals surface area (Å²) >= 11 is 0. The summed E-state index contributed by atoms with van der Waals surface area (Å²) in [7, 11) is 3.67. The first-order chi connectivity index (χ1) is 8.08. The fourth-order valence-electron chi connectivity index (χ4n) is 1.68. The molecule has 0 aromatic carbocycles. The standard InChI is InChI=1S/C11H15N5O/c1-8(10-12-4-5-15(10)2)14-11(17)9-6-13-16(3)7-9/h4-8H,1-3H3,(H,14,17). The van der Waals surface area contributed by atoms with Crippen LogP contribution in [0.3, 0.4) is 0 Å². The third-order valence-corrected chi connectivity index (χ3v) is 2.56. The van der Waals surface area contributed by atoms with Crippen LogP contribution in [0.4, 0.5) is 0 Å². The number of carbonyl (C=O) groups is 1. The first kappa shape index (κ1) is 11.4. The van der Waals surface area contributed by atoms with Gasteiger partial charge >= 0.3 is 0 Å². The normalized spacial score (nSPS) is 12.4. The molecule has 2 aromatic heterocycles. The van der Waals surface area contributed by atoms with Crippen LogP contribution in [0.2, 0.25) is 0 Å². The molecule has 1 unspecified atom stereocenters. The van der Waals surface area contributed by atoms with Crippen LogP contribution >= 0.6 is 0 Å². The lowest BCUT2D eigenvalue weighted by molar-refractivity contribution is 0.0938. The Labute approximate surface area is 99.3 Å². The number of carbonyl (C=O) groups excluding carboxylic acids is 1. The molecule has 2 heterocycles. The highest BCUT2D eigenvalue weighted by atomic mass is 16.1. The van der Waals surface area contributed by atoms with Gasteiger partial charge in [-0.3, -0.25) is 9.48 Å². The van der Waals surface area contributed by atoms with E-state index in [1.807, 2.05) is 24.7 Å². The van der Waals surface area contributed by atoms with E-state index in [0.717, 1.165) is 5.82 Å². The van der Waals surface area contributed by atoms with Crippen LogP contribution in [0.1, 0.15) is 29.1 Å². The van der Waals surface area contributed by atoms with Crippen molar-refractivity contribution in [1.29, 1.82) is 0 Å². The number of imidazole rings is 1. The second-order valence-electron chi connectivity index (χ2n) is 3.99. The zero-order valence-corrected chi connectivity index (χ0v) is 10.1. The molecule has 1 N–H and O–H groups in total. The average Bonchev–Trinajstić information content (AvgIpc) is 2.86.